The van der Waals surface area contributed by atoms with Crippen LogP contribution < -0.4 is 10.6 Å². The van der Waals surface area contributed by atoms with Crippen molar-refractivity contribution in [2.45, 2.75) is 32.3 Å². The average Bonchev–Trinajstić information content (AvgIpc) is 2.32. The summed E-state index contributed by atoms with van der Waals surface area (Å²) >= 11 is 0. The lowest BCUT2D eigenvalue weighted by Crippen LogP contribution is -2.27. The van der Waals surface area contributed by atoms with Gasteiger partial charge in [0.15, 0.2) is 0 Å². The van der Waals surface area contributed by atoms with Crippen LogP contribution in [0, 0.1) is 6.92 Å². The van der Waals surface area contributed by atoms with Gasteiger partial charge in [-0.2, -0.15) is 0 Å². The molecule has 0 aliphatic heterocycles. The van der Waals surface area contributed by atoms with Crippen LogP contribution in [0.2, 0.25) is 0 Å². The van der Waals surface area contributed by atoms with Crippen LogP contribution in [0.15, 0.2) is 12.1 Å². The van der Waals surface area contributed by atoms with Gasteiger partial charge in [-0.15, -0.1) is 0 Å². The Morgan fingerprint density at radius 2 is 2.18 bits per heavy atom. The van der Waals surface area contributed by atoms with Crippen LogP contribution in [0.3, 0.4) is 0 Å². The summed E-state index contributed by atoms with van der Waals surface area (Å²) in [6.07, 6.45) is 2.01. The molecule has 2 rings (SSSR count). The molecule has 1 unspecified atom stereocenters. The number of carbonyl (C=O) groups is 1. The van der Waals surface area contributed by atoms with Gasteiger partial charge in [0.05, 0.1) is 6.10 Å². The monoisotopic (exact) mass is 234 g/mol. The van der Waals surface area contributed by atoms with Gasteiger partial charge >= 0.3 is 6.03 Å². The van der Waals surface area contributed by atoms with Gasteiger partial charge in [0.1, 0.15) is 0 Å². The number of aryl methyl sites for hydroxylation is 1. The third kappa shape index (κ3) is 2.42. The molecule has 1 aliphatic carbocycles. The molecule has 0 aromatic heterocycles. The van der Waals surface area contributed by atoms with E-state index in [4.69, 9.17) is 0 Å². The van der Waals surface area contributed by atoms with E-state index in [1.165, 1.54) is 11.1 Å². The predicted molar refractivity (Wildman–Crippen MR) is 67.3 cm³/mol. The summed E-state index contributed by atoms with van der Waals surface area (Å²) in [5.74, 6) is 0. The van der Waals surface area contributed by atoms with E-state index in [0.29, 0.717) is 6.42 Å². The highest BCUT2D eigenvalue weighted by atomic mass is 16.3. The van der Waals surface area contributed by atoms with Crippen molar-refractivity contribution < 1.29 is 9.90 Å². The van der Waals surface area contributed by atoms with E-state index >= 15 is 0 Å². The summed E-state index contributed by atoms with van der Waals surface area (Å²) in [6.45, 7) is 2.07. The van der Waals surface area contributed by atoms with Crippen molar-refractivity contribution in [1.29, 1.82) is 0 Å². The van der Waals surface area contributed by atoms with E-state index in [-0.39, 0.29) is 12.1 Å². The summed E-state index contributed by atoms with van der Waals surface area (Å²) in [6, 6.07) is 3.69. The van der Waals surface area contributed by atoms with Crippen LogP contribution in [-0.2, 0) is 12.8 Å². The number of hydrogen-bond acceptors (Lipinski definition) is 2. The molecule has 4 heteroatoms. The molecular formula is C13H18N2O2. The number of carbonyl (C=O) groups excluding carboxylic acids is 1. The molecule has 4 nitrogen and oxygen atoms in total. The molecule has 0 heterocycles. The molecule has 0 radical (unpaired) electrons. The topological polar surface area (TPSA) is 61.4 Å². The van der Waals surface area contributed by atoms with E-state index in [2.05, 4.69) is 17.6 Å². The van der Waals surface area contributed by atoms with Crippen LogP contribution in [0.5, 0.6) is 0 Å². The van der Waals surface area contributed by atoms with Crippen molar-refractivity contribution in [3.05, 3.63) is 28.8 Å². The van der Waals surface area contributed by atoms with Crippen LogP contribution in [0.25, 0.3) is 0 Å². The summed E-state index contributed by atoms with van der Waals surface area (Å²) in [5, 5.41) is 15.1. The fourth-order valence-corrected chi connectivity index (χ4v) is 2.34. The minimum absolute atomic E-state index is 0.226. The number of fused-ring (bicyclic) bond motifs is 1. The molecule has 0 saturated heterocycles. The Labute approximate surface area is 101 Å². The largest absolute Gasteiger partial charge is 0.393 e. The summed E-state index contributed by atoms with van der Waals surface area (Å²) in [4.78, 5) is 11.3. The van der Waals surface area contributed by atoms with E-state index in [1.807, 2.05) is 12.1 Å². The van der Waals surface area contributed by atoms with Crippen molar-refractivity contribution in [3.63, 3.8) is 0 Å². The Morgan fingerprint density at radius 3 is 2.88 bits per heavy atom. The maximum atomic E-state index is 11.3. The van der Waals surface area contributed by atoms with Gasteiger partial charge in [-0.3, -0.25) is 0 Å². The van der Waals surface area contributed by atoms with Gasteiger partial charge in [0, 0.05) is 19.2 Å². The highest BCUT2D eigenvalue weighted by Crippen LogP contribution is 2.30. The minimum atomic E-state index is -0.297. The highest BCUT2D eigenvalue weighted by Gasteiger charge is 2.21. The van der Waals surface area contributed by atoms with Gasteiger partial charge in [0.2, 0.25) is 0 Å². The van der Waals surface area contributed by atoms with Crippen LogP contribution in [0.1, 0.15) is 23.1 Å². The molecule has 1 aliphatic rings. The summed E-state index contributed by atoms with van der Waals surface area (Å²) in [7, 11) is 1.59. The van der Waals surface area contributed by atoms with Crippen molar-refractivity contribution in [2.24, 2.45) is 0 Å². The molecule has 3 N–H and O–H groups in total. The van der Waals surface area contributed by atoms with Crippen molar-refractivity contribution in [3.8, 4) is 0 Å². The Kier molecular flexibility index (Phi) is 3.33. The number of anilines is 1. The Hall–Kier alpha value is -1.55. The van der Waals surface area contributed by atoms with Crippen LogP contribution >= 0.6 is 0 Å². The van der Waals surface area contributed by atoms with Crippen molar-refractivity contribution in [1.82, 2.24) is 5.32 Å². The number of nitrogens with one attached hydrogen (secondary N) is 2. The van der Waals surface area contributed by atoms with Gasteiger partial charge in [0.25, 0.3) is 0 Å². The maximum Gasteiger partial charge on any atom is 0.318 e. The van der Waals surface area contributed by atoms with Crippen LogP contribution in [0.4, 0.5) is 10.5 Å². The molecule has 0 fully saturated rings. The molecule has 0 spiro atoms. The van der Waals surface area contributed by atoms with Crippen molar-refractivity contribution in [2.75, 3.05) is 12.4 Å². The third-order valence-corrected chi connectivity index (χ3v) is 3.31. The first-order valence-electron chi connectivity index (χ1n) is 5.90. The van der Waals surface area contributed by atoms with E-state index in [9.17, 15) is 9.90 Å². The number of rotatable bonds is 1. The number of benzene rings is 1. The normalized spacial score (nSPS) is 18.4. The number of amides is 2. The Bertz CT molecular complexity index is 443. The lowest BCUT2D eigenvalue weighted by molar-refractivity contribution is 0.158. The minimum Gasteiger partial charge on any atom is -0.393 e. The first-order chi connectivity index (χ1) is 8.11. The van der Waals surface area contributed by atoms with E-state index in [1.54, 1.807) is 7.05 Å². The summed E-state index contributed by atoms with van der Waals surface area (Å²) < 4.78 is 0. The maximum absolute atomic E-state index is 11.3. The SMILES string of the molecule is CNC(=O)Nc1ccc(C)c2c1CC(O)CC2. The van der Waals surface area contributed by atoms with Gasteiger partial charge < -0.3 is 15.7 Å². The smallest absolute Gasteiger partial charge is 0.318 e. The van der Waals surface area contributed by atoms with Crippen LogP contribution in [-0.4, -0.2) is 24.3 Å². The quantitative estimate of drug-likeness (QED) is 0.691. The zero-order valence-corrected chi connectivity index (χ0v) is 10.2. The average molecular weight is 234 g/mol. The fourth-order valence-electron chi connectivity index (χ4n) is 2.34. The van der Waals surface area contributed by atoms with E-state index in [0.717, 1.165) is 24.1 Å². The molecule has 0 bridgehead atoms. The first kappa shape index (κ1) is 11.9. The molecule has 1 atom stereocenters. The number of aliphatic hydroxyl groups excluding tert-OH is 1. The third-order valence-electron chi connectivity index (χ3n) is 3.31. The Balaban J connectivity index is 2.37. The molecule has 1 aromatic carbocycles. The standard InChI is InChI=1S/C13H18N2O2/c1-8-3-6-12(15-13(17)14-2)11-7-9(16)4-5-10(8)11/h3,6,9,16H,4-5,7H2,1-2H3,(H2,14,15,17). The fraction of sp³-hybridized carbons (Fsp3) is 0.462. The van der Waals surface area contributed by atoms with Crippen molar-refractivity contribution >= 4 is 11.7 Å². The molecule has 17 heavy (non-hydrogen) atoms. The lowest BCUT2D eigenvalue weighted by Gasteiger charge is -2.25. The van der Waals surface area contributed by atoms with Gasteiger partial charge in [-0.1, -0.05) is 6.07 Å². The summed E-state index contributed by atoms with van der Waals surface area (Å²) in [5.41, 5.74) is 4.38. The Morgan fingerprint density at radius 1 is 1.41 bits per heavy atom. The molecule has 2 amide bonds. The molecular weight excluding hydrogens is 216 g/mol. The van der Waals surface area contributed by atoms with Gasteiger partial charge in [-0.25, -0.2) is 4.79 Å². The highest BCUT2D eigenvalue weighted by molar-refractivity contribution is 5.90. The predicted octanol–water partition coefficient (Wildman–Crippen LogP) is 1.60. The number of aliphatic hydroxyl groups is 1. The zero-order chi connectivity index (χ0) is 12.4. The zero-order valence-electron chi connectivity index (χ0n) is 10.2. The first-order valence-corrected chi connectivity index (χ1v) is 5.90. The number of urea groups is 1. The van der Waals surface area contributed by atoms with Gasteiger partial charge in [-0.05, 0) is 42.5 Å². The lowest BCUT2D eigenvalue weighted by atomic mass is 9.86. The number of hydrogen-bond donors (Lipinski definition) is 3. The second kappa shape index (κ2) is 4.75. The second-order valence-electron chi connectivity index (χ2n) is 4.49. The molecule has 1 aromatic rings. The molecule has 0 saturated carbocycles. The second-order valence-corrected chi connectivity index (χ2v) is 4.49. The molecule has 92 valence electrons. The van der Waals surface area contributed by atoms with E-state index < -0.39 is 0 Å².